The van der Waals surface area contributed by atoms with Gasteiger partial charge in [-0.3, -0.25) is 0 Å². The number of benzene rings is 1. The van der Waals surface area contributed by atoms with Gasteiger partial charge in [-0.1, -0.05) is 76.9 Å². The Morgan fingerprint density at radius 2 is 1.43 bits per heavy atom. The van der Waals surface area contributed by atoms with Crippen LogP contribution in [0.2, 0.25) is 0 Å². The summed E-state index contributed by atoms with van der Waals surface area (Å²) in [6, 6.07) is 10.5. The molecular formula is C14H22. The Morgan fingerprint density at radius 1 is 1.00 bits per heavy atom. The van der Waals surface area contributed by atoms with Crippen molar-refractivity contribution in [2.45, 2.75) is 27.2 Å². The van der Waals surface area contributed by atoms with Crippen molar-refractivity contribution < 1.29 is 0 Å². The van der Waals surface area contributed by atoms with Crippen LogP contribution in [0.4, 0.5) is 0 Å². The molecular weight excluding hydrogens is 168 g/mol. The van der Waals surface area contributed by atoms with E-state index in [1.807, 2.05) is 6.07 Å². The molecule has 0 saturated carbocycles. The standard InChI is InChI=1S/C9H12.C4H6.CH4/c1-8(2)9-6-4-3-5-7-9;1-3-4-2;/h3-8H,1-2H3;3-4H,1-2H2;1H4. The maximum Gasteiger partial charge on any atom is -0.0219 e. The van der Waals surface area contributed by atoms with Gasteiger partial charge in [0.1, 0.15) is 0 Å². The first-order valence-corrected chi connectivity index (χ1v) is 4.50. The van der Waals surface area contributed by atoms with E-state index in [9.17, 15) is 0 Å². The van der Waals surface area contributed by atoms with Crippen LogP contribution in [0.15, 0.2) is 55.6 Å². The maximum absolute atomic E-state index is 3.36. The van der Waals surface area contributed by atoms with Crippen LogP contribution in [0.25, 0.3) is 0 Å². The summed E-state index contributed by atoms with van der Waals surface area (Å²) in [6.07, 6.45) is 3.28. The largest absolute Gasteiger partial charge is 0.0991 e. The van der Waals surface area contributed by atoms with Gasteiger partial charge in [0, 0.05) is 0 Å². The van der Waals surface area contributed by atoms with Crippen molar-refractivity contribution in [3.05, 3.63) is 61.2 Å². The second-order valence-electron chi connectivity index (χ2n) is 3.04. The van der Waals surface area contributed by atoms with Crippen LogP contribution in [0, 0.1) is 0 Å². The third-order valence-corrected chi connectivity index (χ3v) is 1.63. The lowest BCUT2D eigenvalue weighted by Crippen LogP contribution is -1.83. The molecule has 0 N–H and O–H groups in total. The van der Waals surface area contributed by atoms with Crippen molar-refractivity contribution in [3.63, 3.8) is 0 Å². The Kier molecular flexibility index (Phi) is 10.6. The van der Waals surface area contributed by atoms with E-state index in [0.717, 1.165) is 0 Å². The molecule has 0 aromatic heterocycles. The maximum atomic E-state index is 3.36. The molecule has 78 valence electrons. The van der Waals surface area contributed by atoms with Gasteiger partial charge in [0.15, 0.2) is 0 Å². The van der Waals surface area contributed by atoms with Crippen LogP contribution in [0.5, 0.6) is 0 Å². The molecule has 0 heteroatoms. The molecule has 0 amide bonds. The molecule has 0 unspecified atom stereocenters. The highest BCUT2D eigenvalue weighted by atomic mass is 14.0. The third kappa shape index (κ3) is 7.35. The van der Waals surface area contributed by atoms with Gasteiger partial charge in [0.25, 0.3) is 0 Å². The average molecular weight is 190 g/mol. The zero-order valence-corrected chi connectivity index (χ0v) is 8.53. The summed E-state index contributed by atoms with van der Waals surface area (Å²) in [5.74, 6) is 0.659. The Balaban J connectivity index is 0. The molecule has 1 aromatic rings. The number of hydrogen-bond donors (Lipinski definition) is 0. The summed E-state index contributed by atoms with van der Waals surface area (Å²) in [6.45, 7) is 11.1. The van der Waals surface area contributed by atoms with Crippen LogP contribution < -0.4 is 0 Å². The smallest absolute Gasteiger partial charge is 0.0219 e. The molecule has 0 saturated heterocycles. The summed E-state index contributed by atoms with van der Waals surface area (Å²) in [7, 11) is 0. The van der Waals surface area contributed by atoms with E-state index in [2.05, 4.69) is 51.3 Å². The summed E-state index contributed by atoms with van der Waals surface area (Å²) >= 11 is 0. The molecule has 1 rings (SSSR count). The van der Waals surface area contributed by atoms with Gasteiger partial charge < -0.3 is 0 Å². The molecule has 0 atom stereocenters. The number of rotatable bonds is 2. The van der Waals surface area contributed by atoms with Crippen LogP contribution in [0.1, 0.15) is 32.8 Å². The van der Waals surface area contributed by atoms with E-state index in [1.54, 1.807) is 12.2 Å². The van der Waals surface area contributed by atoms with Crippen molar-refractivity contribution in [2.24, 2.45) is 0 Å². The van der Waals surface area contributed by atoms with Gasteiger partial charge >= 0.3 is 0 Å². The van der Waals surface area contributed by atoms with Crippen LogP contribution in [-0.2, 0) is 0 Å². The van der Waals surface area contributed by atoms with Gasteiger partial charge in [-0.05, 0) is 11.5 Å². The van der Waals surface area contributed by atoms with E-state index in [-0.39, 0.29) is 7.43 Å². The van der Waals surface area contributed by atoms with Gasteiger partial charge in [0.05, 0.1) is 0 Å². The second-order valence-corrected chi connectivity index (χ2v) is 3.04. The molecule has 0 aliphatic heterocycles. The van der Waals surface area contributed by atoms with E-state index >= 15 is 0 Å². The first kappa shape index (κ1) is 15.2. The van der Waals surface area contributed by atoms with Gasteiger partial charge in [-0.25, -0.2) is 0 Å². The average Bonchev–Trinajstić information content (AvgIpc) is 2.19. The third-order valence-electron chi connectivity index (χ3n) is 1.63. The minimum atomic E-state index is 0. The van der Waals surface area contributed by atoms with Crippen molar-refractivity contribution in [3.8, 4) is 0 Å². The fourth-order valence-electron chi connectivity index (χ4n) is 0.838. The molecule has 0 spiro atoms. The summed E-state index contributed by atoms with van der Waals surface area (Å²) in [5, 5.41) is 0. The normalized spacial score (nSPS) is 7.93. The van der Waals surface area contributed by atoms with Crippen molar-refractivity contribution in [2.75, 3.05) is 0 Å². The molecule has 0 aliphatic carbocycles. The highest BCUT2D eigenvalue weighted by Crippen LogP contribution is 2.11. The van der Waals surface area contributed by atoms with Crippen molar-refractivity contribution in [1.29, 1.82) is 0 Å². The predicted octanol–water partition coefficient (Wildman–Crippen LogP) is 4.80. The lowest BCUT2D eigenvalue weighted by atomic mass is 10.0. The number of hydrogen-bond acceptors (Lipinski definition) is 0. The van der Waals surface area contributed by atoms with E-state index in [1.165, 1.54) is 5.56 Å². The lowest BCUT2D eigenvalue weighted by molar-refractivity contribution is 0.867. The minimum absolute atomic E-state index is 0. The highest BCUT2D eigenvalue weighted by Gasteiger charge is 1.93. The summed E-state index contributed by atoms with van der Waals surface area (Å²) < 4.78 is 0. The van der Waals surface area contributed by atoms with Crippen molar-refractivity contribution >= 4 is 0 Å². The lowest BCUT2D eigenvalue weighted by Gasteiger charge is -2.01. The first-order chi connectivity index (χ1) is 6.22. The van der Waals surface area contributed by atoms with Crippen LogP contribution in [0.3, 0.4) is 0 Å². The molecule has 14 heavy (non-hydrogen) atoms. The molecule has 0 heterocycles. The highest BCUT2D eigenvalue weighted by molar-refractivity contribution is 5.17. The van der Waals surface area contributed by atoms with Gasteiger partial charge in [-0.15, -0.1) is 0 Å². The number of allylic oxidation sites excluding steroid dienone is 2. The molecule has 0 nitrogen and oxygen atoms in total. The summed E-state index contributed by atoms with van der Waals surface area (Å²) in [4.78, 5) is 0. The molecule has 1 aromatic carbocycles. The monoisotopic (exact) mass is 190 g/mol. The topological polar surface area (TPSA) is 0 Å². The first-order valence-electron chi connectivity index (χ1n) is 4.50. The fourth-order valence-corrected chi connectivity index (χ4v) is 0.838. The Morgan fingerprint density at radius 3 is 1.64 bits per heavy atom. The van der Waals surface area contributed by atoms with Gasteiger partial charge in [-0.2, -0.15) is 0 Å². The van der Waals surface area contributed by atoms with Crippen molar-refractivity contribution in [1.82, 2.24) is 0 Å². The van der Waals surface area contributed by atoms with E-state index in [0.29, 0.717) is 5.92 Å². The zero-order valence-electron chi connectivity index (χ0n) is 8.53. The quantitative estimate of drug-likeness (QED) is 0.587. The molecule has 0 bridgehead atoms. The predicted molar refractivity (Wildman–Crippen MR) is 67.7 cm³/mol. The van der Waals surface area contributed by atoms with E-state index < -0.39 is 0 Å². The summed E-state index contributed by atoms with van der Waals surface area (Å²) in [5.41, 5.74) is 1.41. The Bertz CT molecular complexity index is 225. The Labute approximate surface area is 89.0 Å². The Hall–Kier alpha value is -1.30. The van der Waals surface area contributed by atoms with Crippen LogP contribution >= 0.6 is 0 Å². The minimum Gasteiger partial charge on any atom is -0.0991 e. The molecule has 0 aliphatic rings. The zero-order chi connectivity index (χ0) is 10.1. The molecule has 0 radical (unpaired) electrons. The molecule has 0 fully saturated rings. The van der Waals surface area contributed by atoms with Crippen LogP contribution in [-0.4, -0.2) is 0 Å². The fraction of sp³-hybridized carbons (Fsp3) is 0.286. The second kappa shape index (κ2) is 9.79. The van der Waals surface area contributed by atoms with E-state index in [4.69, 9.17) is 0 Å². The van der Waals surface area contributed by atoms with Gasteiger partial charge in [0.2, 0.25) is 0 Å². The SMILES string of the molecule is C.C=CC=C.CC(C)c1ccccc1.